The standard InChI is InChI=1S/C20H24FN3O2/c1-14(2)16-7-5-15(6-8-16)10-19(25)24-9-3-4-18(13-24)26-20-22-11-17(21)12-23-20/h5-8,11-12,14,18H,3-4,9-10,13H2,1-2H3. The number of nitrogens with zero attached hydrogens (tertiary/aromatic N) is 3. The molecule has 26 heavy (non-hydrogen) atoms. The Kier molecular flexibility index (Phi) is 5.81. The molecule has 0 radical (unpaired) electrons. The highest BCUT2D eigenvalue weighted by atomic mass is 19.1. The van der Waals surface area contributed by atoms with Gasteiger partial charge in [0.05, 0.1) is 25.4 Å². The molecule has 1 aromatic heterocycles. The number of amides is 1. The van der Waals surface area contributed by atoms with Crippen LogP contribution in [0, 0.1) is 5.82 Å². The average Bonchev–Trinajstić information content (AvgIpc) is 2.64. The molecule has 1 aliphatic rings. The molecule has 2 heterocycles. The monoisotopic (exact) mass is 357 g/mol. The van der Waals surface area contributed by atoms with E-state index in [2.05, 4.69) is 35.9 Å². The Morgan fingerprint density at radius 3 is 2.62 bits per heavy atom. The molecule has 1 saturated heterocycles. The summed E-state index contributed by atoms with van der Waals surface area (Å²) in [5.41, 5.74) is 2.29. The predicted molar refractivity (Wildman–Crippen MR) is 96.5 cm³/mol. The molecule has 0 saturated carbocycles. The third-order valence-electron chi connectivity index (χ3n) is 4.60. The van der Waals surface area contributed by atoms with Gasteiger partial charge in [-0.25, -0.2) is 14.4 Å². The first-order valence-electron chi connectivity index (χ1n) is 9.02. The van der Waals surface area contributed by atoms with Crippen LogP contribution in [0.4, 0.5) is 4.39 Å². The fraction of sp³-hybridized carbons (Fsp3) is 0.450. The molecule has 0 bridgehead atoms. The summed E-state index contributed by atoms with van der Waals surface area (Å²) >= 11 is 0. The maximum atomic E-state index is 12.9. The van der Waals surface area contributed by atoms with Gasteiger partial charge < -0.3 is 9.64 Å². The normalized spacial score (nSPS) is 17.4. The lowest BCUT2D eigenvalue weighted by Crippen LogP contribution is -2.45. The molecular weight excluding hydrogens is 333 g/mol. The van der Waals surface area contributed by atoms with Gasteiger partial charge in [0.25, 0.3) is 0 Å². The van der Waals surface area contributed by atoms with E-state index in [1.54, 1.807) is 0 Å². The van der Waals surface area contributed by atoms with Gasteiger partial charge in [-0.15, -0.1) is 0 Å². The van der Waals surface area contributed by atoms with Crippen molar-refractivity contribution >= 4 is 5.91 Å². The molecule has 138 valence electrons. The lowest BCUT2D eigenvalue weighted by Gasteiger charge is -2.32. The van der Waals surface area contributed by atoms with Gasteiger partial charge in [-0.3, -0.25) is 4.79 Å². The summed E-state index contributed by atoms with van der Waals surface area (Å²) in [6, 6.07) is 8.37. The highest BCUT2D eigenvalue weighted by Crippen LogP contribution is 2.18. The molecule has 1 amide bonds. The number of benzene rings is 1. The fourth-order valence-corrected chi connectivity index (χ4v) is 3.08. The molecule has 0 N–H and O–H groups in total. The highest BCUT2D eigenvalue weighted by molar-refractivity contribution is 5.79. The summed E-state index contributed by atoms with van der Waals surface area (Å²) in [6.07, 6.45) is 4.07. The third-order valence-corrected chi connectivity index (χ3v) is 4.60. The number of piperidine rings is 1. The van der Waals surface area contributed by atoms with E-state index in [4.69, 9.17) is 4.74 Å². The molecular formula is C20H24FN3O2. The van der Waals surface area contributed by atoms with Gasteiger partial charge in [0.2, 0.25) is 5.91 Å². The fourth-order valence-electron chi connectivity index (χ4n) is 3.08. The van der Waals surface area contributed by atoms with Crippen molar-refractivity contribution < 1.29 is 13.9 Å². The molecule has 6 heteroatoms. The zero-order valence-corrected chi connectivity index (χ0v) is 15.2. The number of carbonyl (C=O) groups is 1. The summed E-state index contributed by atoms with van der Waals surface area (Å²) in [4.78, 5) is 22.1. The zero-order valence-electron chi connectivity index (χ0n) is 15.2. The molecule has 0 spiro atoms. The van der Waals surface area contributed by atoms with Gasteiger partial charge in [0, 0.05) is 6.54 Å². The summed E-state index contributed by atoms with van der Waals surface area (Å²) < 4.78 is 18.6. The SMILES string of the molecule is CC(C)c1ccc(CC(=O)N2CCCC(Oc3ncc(F)cn3)C2)cc1. The van der Waals surface area contributed by atoms with Crippen LogP contribution in [0.15, 0.2) is 36.7 Å². The molecule has 3 rings (SSSR count). The minimum Gasteiger partial charge on any atom is -0.458 e. The van der Waals surface area contributed by atoms with Crippen molar-refractivity contribution in [1.82, 2.24) is 14.9 Å². The molecule has 2 aromatic rings. The summed E-state index contributed by atoms with van der Waals surface area (Å²) in [6.45, 7) is 5.54. The predicted octanol–water partition coefficient (Wildman–Crippen LogP) is 3.35. The lowest BCUT2D eigenvalue weighted by atomic mass is 10.0. The van der Waals surface area contributed by atoms with Crippen molar-refractivity contribution in [3.05, 3.63) is 53.6 Å². The van der Waals surface area contributed by atoms with Gasteiger partial charge in [-0.05, 0) is 29.9 Å². The number of ether oxygens (including phenoxy) is 1. The Bertz CT molecular complexity index is 732. The van der Waals surface area contributed by atoms with E-state index in [1.807, 2.05) is 17.0 Å². The van der Waals surface area contributed by atoms with E-state index in [1.165, 1.54) is 5.56 Å². The van der Waals surface area contributed by atoms with E-state index in [0.717, 1.165) is 37.3 Å². The van der Waals surface area contributed by atoms with E-state index < -0.39 is 5.82 Å². The molecule has 1 aromatic carbocycles. The second-order valence-corrected chi connectivity index (χ2v) is 6.98. The van der Waals surface area contributed by atoms with Crippen molar-refractivity contribution in [3.63, 3.8) is 0 Å². The Morgan fingerprint density at radius 1 is 1.27 bits per heavy atom. The first-order valence-corrected chi connectivity index (χ1v) is 9.02. The van der Waals surface area contributed by atoms with E-state index in [0.29, 0.717) is 18.9 Å². The lowest BCUT2D eigenvalue weighted by molar-refractivity contribution is -0.133. The van der Waals surface area contributed by atoms with Crippen molar-refractivity contribution in [2.75, 3.05) is 13.1 Å². The van der Waals surface area contributed by atoms with E-state index in [-0.39, 0.29) is 18.0 Å². The van der Waals surface area contributed by atoms with Crippen LogP contribution in [0.5, 0.6) is 6.01 Å². The topological polar surface area (TPSA) is 55.3 Å². The first-order chi connectivity index (χ1) is 12.5. The Balaban J connectivity index is 1.56. The van der Waals surface area contributed by atoms with Gasteiger partial charge in [0.15, 0.2) is 5.82 Å². The molecule has 5 nitrogen and oxygen atoms in total. The van der Waals surface area contributed by atoms with Crippen LogP contribution >= 0.6 is 0 Å². The van der Waals surface area contributed by atoms with Gasteiger partial charge in [-0.2, -0.15) is 0 Å². The van der Waals surface area contributed by atoms with Crippen LogP contribution in [-0.4, -0.2) is 40.0 Å². The number of aromatic nitrogens is 2. The van der Waals surface area contributed by atoms with Crippen molar-refractivity contribution in [2.24, 2.45) is 0 Å². The van der Waals surface area contributed by atoms with Crippen LogP contribution in [0.25, 0.3) is 0 Å². The molecule has 1 atom stereocenters. The number of hydrogen-bond acceptors (Lipinski definition) is 4. The Hall–Kier alpha value is -2.50. The number of rotatable bonds is 5. The van der Waals surface area contributed by atoms with Crippen LogP contribution in [0.1, 0.15) is 43.7 Å². The van der Waals surface area contributed by atoms with Crippen LogP contribution in [0.3, 0.4) is 0 Å². The maximum Gasteiger partial charge on any atom is 0.316 e. The number of carbonyl (C=O) groups excluding carboxylic acids is 1. The second kappa shape index (κ2) is 8.25. The van der Waals surface area contributed by atoms with Gasteiger partial charge >= 0.3 is 6.01 Å². The minimum atomic E-state index is -0.499. The largest absolute Gasteiger partial charge is 0.458 e. The van der Waals surface area contributed by atoms with Crippen LogP contribution in [0.2, 0.25) is 0 Å². The van der Waals surface area contributed by atoms with Crippen molar-refractivity contribution in [3.8, 4) is 6.01 Å². The van der Waals surface area contributed by atoms with Crippen molar-refractivity contribution in [2.45, 2.75) is 45.1 Å². The molecule has 0 aliphatic carbocycles. The zero-order chi connectivity index (χ0) is 18.5. The van der Waals surface area contributed by atoms with Crippen LogP contribution in [-0.2, 0) is 11.2 Å². The highest BCUT2D eigenvalue weighted by Gasteiger charge is 2.25. The Labute approximate surface area is 153 Å². The first kappa shape index (κ1) is 18.3. The third kappa shape index (κ3) is 4.77. The molecule has 1 fully saturated rings. The number of halogens is 1. The van der Waals surface area contributed by atoms with E-state index >= 15 is 0 Å². The summed E-state index contributed by atoms with van der Waals surface area (Å²) in [5.74, 6) is 0.0744. The molecule has 1 aliphatic heterocycles. The maximum absolute atomic E-state index is 12.9. The van der Waals surface area contributed by atoms with Crippen molar-refractivity contribution in [1.29, 1.82) is 0 Å². The smallest absolute Gasteiger partial charge is 0.316 e. The van der Waals surface area contributed by atoms with Gasteiger partial charge in [-0.1, -0.05) is 38.1 Å². The minimum absolute atomic E-state index is 0.0932. The van der Waals surface area contributed by atoms with Crippen LogP contribution < -0.4 is 4.74 Å². The average molecular weight is 357 g/mol. The summed E-state index contributed by atoms with van der Waals surface area (Å²) in [7, 11) is 0. The number of hydrogen-bond donors (Lipinski definition) is 0. The molecule has 1 unspecified atom stereocenters. The second-order valence-electron chi connectivity index (χ2n) is 6.98. The Morgan fingerprint density at radius 2 is 1.96 bits per heavy atom. The van der Waals surface area contributed by atoms with Gasteiger partial charge in [0.1, 0.15) is 6.10 Å². The summed E-state index contributed by atoms with van der Waals surface area (Å²) in [5, 5.41) is 0. The quantitative estimate of drug-likeness (QED) is 0.823. The number of likely N-dealkylation sites (tertiary alicyclic amines) is 1. The van der Waals surface area contributed by atoms with E-state index in [9.17, 15) is 9.18 Å².